The Balaban J connectivity index is 2.00. The Hall–Kier alpha value is -3.17. The molecule has 8 nitrogen and oxygen atoms in total. The summed E-state index contributed by atoms with van der Waals surface area (Å²) in [6.07, 6.45) is 1.56. The monoisotopic (exact) mass is 432 g/mol. The van der Waals surface area contributed by atoms with Crippen LogP contribution in [0.4, 0.5) is 0 Å². The number of nitrogens with zero attached hydrogens (tertiary/aromatic N) is 3. The molecule has 0 saturated carbocycles. The van der Waals surface area contributed by atoms with Crippen molar-refractivity contribution in [2.24, 2.45) is 5.10 Å². The highest BCUT2D eigenvalue weighted by atomic mass is 35.5. The predicted molar refractivity (Wildman–Crippen MR) is 112 cm³/mol. The van der Waals surface area contributed by atoms with E-state index in [1.807, 2.05) is 12.1 Å². The first kappa shape index (κ1) is 20.6. The normalized spacial score (nSPS) is 10.9. The Morgan fingerprint density at radius 1 is 1.21 bits per heavy atom. The smallest absolute Gasteiger partial charge is 0.308 e. The van der Waals surface area contributed by atoms with E-state index in [-0.39, 0.29) is 5.75 Å². The largest absolute Gasteiger partial charge is 0.493 e. The van der Waals surface area contributed by atoms with Crippen LogP contribution in [0.5, 0.6) is 17.2 Å². The number of ether oxygens (including phenoxy) is 3. The standard InChI is InChI=1S/C19H17ClN4O4S/c1-11(25)28-17-15(26-2)8-12(9-16(17)27-3)10-21-24-18(22-23-19(24)29)13-4-6-14(20)7-5-13/h4-10H,1-3H3,(H,23,29)/b21-10-. The SMILES string of the molecule is COc1cc(/C=N\n2c(-c3ccc(Cl)cc3)n[nH]c2=S)cc(OC)c1OC(C)=O. The van der Waals surface area contributed by atoms with Crippen molar-refractivity contribution in [1.82, 2.24) is 14.9 Å². The van der Waals surface area contributed by atoms with E-state index in [4.69, 9.17) is 38.0 Å². The van der Waals surface area contributed by atoms with Gasteiger partial charge in [-0.3, -0.25) is 4.79 Å². The van der Waals surface area contributed by atoms with Crippen molar-refractivity contribution < 1.29 is 19.0 Å². The molecule has 0 aliphatic rings. The van der Waals surface area contributed by atoms with Crippen LogP contribution in [0, 0.1) is 4.77 Å². The van der Waals surface area contributed by atoms with Gasteiger partial charge in [-0.15, -0.1) is 0 Å². The van der Waals surface area contributed by atoms with Crippen LogP contribution in [-0.2, 0) is 4.79 Å². The summed E-state index contributed by atoms with van der Waals surface area (Å²) in [6.45, 7) is 1.30. The number of methoxy groups -OCH3 is 2. The van der Waals surface area contributed by atoms with Gasteiger partial charge in [0.2, 0.25) is 10.5 Å². The molecular weight excluding hydrogens is 416 g/mol. The third-order valence-corrected chi connectivity index (χ3v) is 4.32. The molecule has 1 N–H and O–H groups in total. The van der Waals surface area contributed by atoms with E-state index in [1.54, 1.807) is 30.5 Å². The quantitative estimate of drug-likeness (QED) is 0.273. The lowest BCUT2D eigenvalue weighted by atomic mass is 10.2. The highest BCUT2D eigenvalue weighted by molar-refractivity contribution is 7.71. The molecule has 1 heterocycles. The van der Waals surface area contributed by atoms with Gasteiger partial charge in [0.1, 0.15) is 0 Å². The highest BCUT2D eigenvalue weighted by Gasteiger charge is 2.16. The number of benzene rings is 2. The van der Waals surface area contributed by atoms with Crippen molar-refractivity contribution in [1.29, 1.82) is 0 Å². The number of aromatic amines is 1. The maximum absolute atomic E-state index is 11.4. The van der Waals surface area contributed by atoms with Gasteiger partial charge in [0.05, 0.1) is 20.4 Å². The highest BCUT2D eigenvalue weighted by Crippen LogP contribution is 2.38. The molecule has 0 saturated heterocycles. The molecule has 2 aromatic carbocycles. The topological polar surface area (TPSA) is 90.7 Å². The van der Waals surface area contributed by atoms with E-state index >= 15 is 0 Å². The number of halogens is 1. The van der Waals surface area contributed by atoms with Crippen LogP contribution in [0.25, 0.3) is 11.4 Å². The first-order chi connectivity index (χ1) is 13.9. The number of esters is 1. The molecule has 0 radical (unpaired) electrons. The summed E-state index contributed by atoms with van der Waals surface area (Å²) in [7, 11) is 2.93. The Labute approximate surface area is 176 Å². The minimum Gasteiger partial charge on any atom is -0.493 e. The summed E-state index contributed by atoms with van der Waals surface area (Å²) in [5.74, 6) is 0.893. The van der Waals surface area contributed by atoms with Crippen LogP contribution in [-0.4, -0.2) is 41.3 Å². The zero-order valence-corrected chi connectivity index (χ0v) is 17.4. The molecule has 10 heteroatoms. The predicted octanol–water partition coefficient (Wildman–Crippen LogP) is 4.09. The first-order valence-corrected chi connectivity index (χ1v) is 9.13. The van der Waals surface area contributed by atoms with E-state index < -0.39 is 5.97 Å². The van der Waals surface area contributed by atoms with Gasteiger partial charge in [-0.25, -0.2) is 5.10 Å². The zero-order chi connectivity index (χ0) is 21.0. The molecule has 0 amide bonds. The Kier molecular flexibility index (Phi) is 6.30. The van der Waals surface area contributed by atoms with E-state index in [1.165, 1.54) is 25.8 Å². The van der Waals surface area contributed by atoms with E-state index in [0.717, 1.165) is 5.56 Å². The third-order valence-electron chi connectivity index (χ3n) is 3.80. The number of nitrogens with one attached hydrogen (secondary N) is 1. The molecule has 0 fully saturated rings. The van der Waals surface area contributed by atoms with Gasteiger partial charge in [-0.2, -0.15) is 14.9 Å². The molecule has 0 unspecified atom stereocenters. The van der Waals surface area contributed by atoms with Crippen molar-refractivity contribution in [3.05, 3.63) is 51.8 Å². The maximum Gasteiger partial charge on any atom is 0.308 e. The van der Waals surface area contributed by atoms with Crippen molar-refractivity contribution >= 4 is 36.0 Å². The summed E-state index contributed by atoms with van der Waals surface area (Å²) in [6, 6.07) is 10.5. The average molecular weight is 433 g/mol. The molecule has 0 atom stereocenters. The second kappa shape index (κ2) is 8.89. The number of carbonyl (C=O) groups excluding carboxylic acids is 1. The Morgan fingerprint density at radius 3 is 2.38 bits per heavy atom. The lowest BCUT2D eigenvalue weighted by molar-refractivity contribution is -0.132. The number of H-pyrrole nitrogens is 1. The first-order valence-electron chi connectivity index (χ1n) is 8.35. The van der Waals surface area contributed by atoms with Crippen molar-refractivity contribution in [3.63, 3.8) is 0 Å². The molecule has 0 spiro atoms. The maximum atomic E-state index is 11.4. The van der Waals surface area contributed by atoms with Crippen LogP contribution in [0.1, 0.15) is 12.5 Å². The van der Waals surface area contributed by atoms with Crippen LogP contribution in [0.3, 0.4) is 0 Å². The van der Waals surface area contributed by atoms with Gasteiger partial charge in [0.15, 0.2) is 17.3 Å². The molecule has 3 aromatic rings. The number of rotatable bonds is 6. The van der Waals surface area contributed by atoms with Crippen LogP contribution in [0.2, 0.25) is 5.02 Å². The lowest BCUT2D eigenvalue weighted by Crippen LogP contribution is -2.05. The van der Waals surface area contributed by atoms with Crippen molar-refractivity contribution in [2.75, 3.05) is 14.2 Å². The number of carbonyl (C=O) groups is 1. The summed E-state index contributed by atoms with van der Waals surface area (Å²) < 4.78 is 17.6. The minimum atomic E-state index is -0.486. The second-order valence-corrected chi connectivity index (χ2v) is 6.59. The molecular formula is C19H17ClN4O4S. The lowest BCUT2D eigenvalue weighted by Gasteiger charge is -2.13. The van der Waals surface area contributed by atoms with E-state index in [2.05, 4.69) is 15.3 Å². The summed E-state index contributed by atoms with van der Waals surface area (Å²) in [4.78, 5) is 11.4. The van der Waals surface area contributed by atoms with Gasteiger partial charge in [-0.05, 0) is 48.6 Å². The molecule has 1 aromatic heterocycles. The van der Waals surface area contributed by atoms with Gasteiger partial charge >= 0.3 is 5.97 Å². The molecule has 29 heavy (non-hydrogen) atoms. The van der Waals surface area contributed by atoms with Crippen LogP contribution < -0.4 is 14.2 Å². The summed E-state index contributed by atoms with van der Waals surface area (Å²) in [5, 5.41) is 12.0. The second-order valence-electron chi connectivity index (χ2n) is 5.76. The molecule has 3 rings (SSSR count). The average Bonchev–Trinajstić information content (AvgIpc) is 3.07. The fourth-order valence-corrected chi connectivity index (χ4v) is 2.83. The number of hydrogen-bond acceptors (Lipinski definition) is 7. The van der Waals surface area contributed by atoms with Crippen molar-refractivity contribution in [3.8, 4) is 28.6 Å². The van der Waals surface area contributed by atoms with E-state index in [9.17, 15) is 4.79 Å². The molecule has 0 aliphatic heterocycles. The van der Waals surface area contributed by atoms with Gasteiger partial charge in [0, 0.05) is 23.1 Å². The fraction of sp³-hybridized carbons (Fsp3) is 0.158. The van der Waals surface area contributed by atoms with Gasteiger partial charge in [-0.1, -0.05) is 11.6 Å². The van der Waals surface area contributed by atoms with Crippen LogP contribution >= 0.6 is 23.8 Å². The summed E-state index contributed by atoms with van der Waals surface area (Å²) >= 11 is 11.2. The van der Waals surface area contributed by atoms with Gasteiger partial charge in [0.25, 0.3) is 0 Å². The number of aromatic nitrogens is 3. The molecule has 0 aliphatic carbocycles. The minimum absolute atomic E-state index is 0.196. The zero-order valence-electron chi connectivity index (χ0n) is 15.8. The molecule has 150 valence electrons. The fourth-order valence-electron chi connectivity index (χ4n) is 2.53. The van der Waals surface area contributed by atoms with Crippen molar-refractivity contribution in [2.45, 2.75) is 6.92 Å². The third kappa shape index (κ3) is 4.64. The Bertz CT molecular complexity index is 1100. The van der Waals surface area contributed by atoms with Crippen LogP contribution in [0.15, 0.2) is 41.5 Å². The van der Waals surface area contributed by atoms with Gasteiger partial charge < -0.3 is 14.2 Å². The molecule has 0 bridgehead atoms. The number of hydrogen-bond donors (Lipinski definition) is 1. The summed E-state index contributed by atoms with van der Waals surface area (Å²) in [5.41, 5.74) is 1.43. The van der Waals surface area contributed by atoms with E-state index in [0.29, 0.717) is 32.7 Å². The Morgan fingerprint density at radius 2 is 1.83 bits per heavy atom.